The van der Waals surface area contributed by atoms with Crippen LogP contribution in [-0.4, -0.2) is 53.7 Å². The molecule has 2 aliphatic rings. The zero-order valence-corrected chi connectivity index (χ0v) is 20.3. The smallest absolute Gasteiger partial charge is 0.416 e. The molecule has 3 aromatic rings. The first-order valence-corrected chi connectivity index (χ1v) is 12.3. The van der Waals surface area contributed by atoms with Crippen LogP contribution in [0.1, 0.15) is 21.6 Å². The first kappa shape index (κ1) is 24.7. The molecule has 0 aliphatic carbocycles. The molecule has 188 valence electrons. The highest BCUT2D eigenvalue weighted by molar-refractivity contribution is 7.17. The van der Waals surface area contributed by atoms with Crippen LogP contribution in [0.15, 0.2) is 46.6 Å². The molecule has 0 amide bonds. The van der Waals surface area contributed by atoms with Crippen molar-refractivity contribution in [2.75, 3.05) is 31.1 Å². The fraction of sp³-hybridized carbons (Fsp3) is 0.292. The van der Waals surface area contributed by atoms with E-state index in [2.05, 4.69) is 20.5 Å². The van der Waals surface area contributed by atoms with E-state index in [-0.39, 0.29) is 35.5 Å². The highest BCUT2D eigenvalue weighted by Crippen LogP contribution is 2.40. The third-order valence-corrected chi connectivity index (χ3v) is 7.54. The van der Waals surface area contributed by atoms with Gasteiger partial charge in [-0.25, -0.2) is 0 Å². The number of hydrogen-bond acceptors (Lipinski definition) is 8. The lowest BCUT2D eigenvalue weighted by Crippen LogP contribution is -2.53. The van der Waals surface area contributed by atoms with Crippen molar-refractivity contribution in [2.24, 2.45) is 10.2 Å². The molecule has 7 nitrogen and oxygen atoms in total. The largest absolute Gasteiger partial charge is 0.492 e. The summed E-state index contributed by atoms with van der Waals surface area (Å²) in [4.78, 5) is 6.59. The second kappa shape index (κ2) is 9.81. The van der Waals surface area contributed by atoms with Crippen molar-refractivity contribution in [1.29, 1.82) is 0 Å². The van der Waals surface area contributed by atoms with E-state index in [9.17, 15) is 23.4 Å². The predicted molar refractivity (Wildman–Crippen MR) is 132 cm³/mol. The average molecular weight is 536 g/mol. The standard InChI is InChI=1S/C24H21ClF3N5O2S/c25-16-3-1-14(19(9-16)24(26,27)28)8-18(13-2-4-20-15(7-13)10-30-32-20)21-22(35)31-23(36-21)33-6-5-29-11-17(33)12-34/h1-4,7,9-10,17,29,34-35H,5-6,8,11-12H2. The summed E-state index contributed by atoms with van der Waals surface area (Å²) < 4.78 is 41.6. The third kappa shape index (κ3) is 4.83. The lowest BCUT2D eigenvalue weighted by atomic mass is 9.96. The minimum atomic E-state index is -4.61. The van der Waals surface area contributed by atoms with Gasteiger partial charge in [-0.2, -0.15) is 28.4 Å². The van der Waals surface area contributed by atoms with E-state index in [1.165, 1.54) is 23.5 Å². The van der Waals surface area contributed by atoms with Crippen LogP contribution in [0.3, 0.4) is 0 Å². The van der Waals surface area contributed by atoms with Crippen LogP contribution < -0.4 is 20.8 Å². The maximum atomic E-state index is 13.9. The molecule has 0 saturated carbocycles. The Bertz CT molecular complexity index is 1460. The number of fused-ring (bicyclic) bond motifs is 1. The van der Waals surface area contributed by atoms with Crippen molar-refractivity contribution in [1.82, 2.24) is 10.3 Å². The summed E-state index contributed by atoms with van der Waals surface area (Å²) >= 11 is 7.07. The second-order valence-corrected chi connectivity index (χ2v) is 9.87. The van der Waals surface area contributed by atoms with Gasteiger partial charge in [-0.3, -0.25) is 0 Å². The molecular weight excluding hydrogens is 515 g/mol. The van der Waals surface area contributed by atoms with Gasteiger partial charge in [0.2, 0.25) is 5.88 Å². The van der Waals surface area contributed by atoms with E-state index in [4.69, 9.17) is 11.6 Å². The number of thiazole rings is 1. The fourth-order valence-electron chi connectivity index (χ4n) is 4.36. The van der Waals surface area contributed by atoms with Gasteiger partial charge in [-0.1, -0.05) is 35.1 Å². The quantitative estimate of drug-likeness (QED) is 0.467. The topological polar surface area (TPSA) is 93.3 Å². The van der Waals surface area contributed by atoms with Crippen LogP contribution in [0.5, 0.6) is 5.88 Å². The Kier molecular flexibility index (Phi) is 6.73. The maximum Gasteiger partial charge on any atom is 0.416 e. The van der Waals surface area contributed by atoms with Gasteiger partial charge in [0.1, 0.15) is 0 Å². The van der Waals surface area contributed by atoms with Crippen LogP contribution in [0.2, 0.25) is 5.02 Å². The molecular formula is C24H21ClF3N5O2S. The van der Waals surface area contributed by atoms with Crippen LogP contribution in [-0.2, 0) is 12.6 Å². The summed E-state index contributed by atoms with van der Waals surface area (Å²) in [5.41, 5.74) is 0.383. The first-order valence-electron chi connectivity index (χ1n) is 11.1. The lowest BCUT2D eigenvalue weighted by Gasteiger charge is -2.34. The van der Waals surface area contributed by atoms with Gasteiger partial charge in [0.25, 0.3) is 0 Å². The number of rotatable bonds is 5. The third-order valence-electron chi connectivity index (χ3n) is 6.16. The number of benzene rings is 2. The molecule has 1 saturated heterocycles. The summed E-state index contributed by atoms with van der Waals surface area (Å²) in [6, 6.07) is 8.72. The number of aromatic nitrogens is 1. The number of nitrogens with zero attached hydrogens (tertiary/aromatic N) is 4. The van der Waals surface area contributed by atoms with E-state index in [1.54, 1.807) is 24.4 Å². The van der Waals surface area contributed by atoms with E-state index < -0.39 is 11.7 Å². The zero-order valence-electron chi connectivity index (χ0n) is 18.8. The van der Waals surface area contributed by atoms with Crippen molar-refractivity contribution in [3.63, 3.8) is 0 Å². The summed E-state index contributed by atoms with van der Waals surface area (Å²) in [6.07, 6.45) is -3.16. The van der Waals surface area contributed by atoms with E-state index in [1.807, 2.05) is 4.90 Å². The normalized spacial score (nSPS) is 18.2. The van der Waals surface area contributed by atoms with E-state index in [0.29, 0.717) is 45.8 Å². The number of nitrogens with one attached hydrogen (secondary N) is 1. The molecule has 2 aliphatic heterocycles. The molecule has 5 rings (SSSR count). The Morgan fingerprint density at radius 1 is 1.22 bits per heavy atom. The number of alkyl halides is 3. The molecule has 3 heterocycles. The number of aliphatic hydroxyl groups excluding tert-OH is 1. The zero-order chi connectivity index (χ0) is 25.4. The summed E-state index contributed by atoms with van der Waals surface area (Å²) in [6.45, 7) is 1.69. The highest BCUT2D eigenvalue weighted by atomic mass is 35.5. The number of aliphatic hydroxyl groups is 1. The predicted octanol–water partition coefficient (Wildman–Crippen LogP) is 2.70. The molecule has 1 aromatic heterocycles. The maximum absolute atomic E-state index is 13.9. The lowest BCUT2D eigenvalue weighted by molar-refractivity contribution is -0.138. The molecule has 0 bridgehead atoms. The molecule has 0 radical (unpaired) electrons. The minimum Gasteiger partial charge on any atom is -0.492 e. The van der Waals surface area contributed by atoms with Gasteiger partial charge in [0.05, 0.1) is 34.7 Å². The Balaban J connectivity index is 1.67. The van der Waals surface area contributed by atoms with Crippen LogP contribution in [0.25, 0.3) is 5.57 Å². The van der Waals surface area contributed by atoms with Crippen molar-refractivity contribution in [2.45, 2.75) is 18.6 Å². The monoisotopic (exact) mass is 535 g/mol. The van der Waals surface area contributed by atoms with Crippen LogP contribution >= 0.6 is 22.9 Å². The molecule has 36 heavy (non-hydrogen) atoms. The van der Waals surface area contributed by atoms with Gasteiger partial charge in [-0.05, 0) is 40.6 Å². The highest BCUT2D eigenvalue weighted by Gasteiger charge is 2.34. The number of piperazine rings is 1. The number of anilines is 1. The second-order valence-electron chi connectivity index (χ2n) is 8.46. The van der Waals surface area contributed by atoms with Crippen molar-refractivity contribution in [3.8, 4) is 5.88 Å². The Morgan fingerprint density at radius 3 is 2.83 bits per heavy atom. The summed E-state index contributed by atoms with van der Waals surface area (Å²) in [5.74, 6) is -0.276. The molecule has 3 N–H and O–H groups in total. The SMILES string of the molecule is OCC1CNCCN1c1nc(O)c(C(Cc2ccc(Cl)cc2C(F)(F)F)=c2ccc3c(c2)C=NN=3)s1. The van der Waals surface area contributed by atoms with Gasteiger partial charge < -0.3 is 20.4 Å². The summed E-state index contributed by atoms with van der Waals surface area (Å²) in [5, 5.41) is 33.5. The molecule has 0 spiro atoms. The van der Waals surface area contributed by atoms with E-state index >= 15 is 0 Å². The minimum absolute atomic E-state index is 0.0142. The Hall–Kier alpha value is -2.99. The van der Waals surface area contributed by atoms with Crippen molar-refractivity contribution < 1.29 is 23.4 Å². The van der Waals surface area contributed by atoms with Crippen molar-refractivity contribution in [3.05, 3.63) is 73.6 Å². The van der Waals surface area contributed by atoms with Gasteiger partial charge in [0, 0.05) is 36.6 Å². The van der Waals surface area contributed by atoms with Gasteiger partial charge in [0.15, 0.2) is 5.13 Å². The average Bonchev–Trinajstić information content (AvgIpc) is 3.48. The Labute approximate surface area is 212 Å². The van der Waals surface area contributed by atoms with Crippen LogP contribution in [0, 0.1) is 0 Å². The molecule has 2 aromatic carbocycles. The van der Waals surface area contributed by atoms with Gasteiger partial charge >= 0.3 is 6.18 Å². The van der Waals surface area contributed by atoms with Gasteiger partial charge in [-0.15, -0.1) is 0 Å². The number of aromatic hydroxyl groups is 1. The molecule has 1 fully saturated rings. The Morgan fingerprint density at radius 2 is 2.06 bits per heavy atom. The molecule has 1 atom stereocenters. The number of hydrogen-bond donors (Lipinski definition) is 3. The van der Waals surface area contributed by atoms with E-state index in [0.717, 1.165) is 11.6 Å². The molecule has 12 heteroatoms. The van der Waals surface area contributed by atoms with Crippen molar-refractivity contribution >= 4 is 39.9 Å². The molecule has 1 unspecified atom stereocenters. The van der Waals surface area contributed by atoms with Crippen LogP contribution in [0.4, 0.5) is 18.3 Å². The fourth-order valence-corrected chi connectivity index (χ4v) is 5.65. The number of halogens is 4. The summed E-state index contributed by atoms with van der Waals surface area (Å²) in [7, 11) is 0. The first-order chi connectivity index (χ1) is 17.2.